The van der Waals surface area contributed by atoms with Gasteiger partial charge < -0.3 is 9.84 Å². The summed E-state index contributed by atoms with van der Waals surface area (Å²) in [6.45, 7) is 4.69. The smallest absolute Gasteiger partial charge is 0.349 e. The molecular formula is C11H16N2O4. The van der Waals surface area contributed by atoms with Crippen LogP contribution in [0, 0.1) is 13.8 Å². The Morgan fingerprint density at radius 2 is 2.18 bits per heavy atom. The Balaban J connectivity index is 3.49. The Morgan fingerprint density at radius 3 is 2.59 bits per heavy atom. The van der Waals surface area contributed by atoms with Crippen LogP contribution in [-0.4, -0.2) is 34.3 Å². The van der Waals surface area contributed by atoms with Crippen LogP contribution < -0.4 is 5.69 Å². The van der Waals surface area contributed by atoms with E-state index < -0.39 is 17.2 Å². The number of hydrogen-bond donors (Lipinski definition) is 1. The van der Waals surface area contributed by atoms with E-state index in [0.717, 1.165) is 4.57 Å². The first-order valence-electron chi connectivity index (χ1n) is 5.13. The summed E-state index contributed by atoms with van der Waals surface area (Å²) < 4.78 is 6.04. The molecular weight excluding hydrogens is 224 g/mol. The van der Waals surface area contributed by atoms with Crippen LogP contribution in [0.25, 0.3) is 0 Å². The van der Waals surface area contributed by atoms with Crippen molar-refractivity contribution in [3.05, 3.63) is 27.9 Å². The molecule has 1 heterocycles. The molecule has 1 aromatic rings. The number of carbonyl (C=O) groups is 1. The summed E-state index contributed by atoms with van der Waals surface area (Å²) in [7, 11) is 1.39. The lowest BCUT2D eigenvalue weighted by Gasteiger charge is -2.28. The van der Waals surface area contributed by atoms with Crippen molar-refractivity contribution >= 4 is 5.97 Å². The van der Waals surface area contributed by atoms with Gasteiger partial charge in [0.2, 0.25) is 0 Å². The fourth-order valence-electron chi connectivity index (χ4n) is 1.85. The van der Waals surface area contributed by atoms with E-state index in [1.165, 1.54) is 14.0 Å². The molecule has 0 aromatic carbocycles. The van der Waals surface area contributed by atoms with Crippen molar-refractivity contribution in [2.24, 2.45) is 0 Å². The van der Waals surface area contributed by atoms with Gasteiger partial charge in [-0.1, -0.05) is 0 Å². The molecule has 17 heavy (non-hydrogen) atoms. The Morgan fingerprint density at radius 1 is 1.59 bits per heavy atom. The van der Waals surface area contributed by atoms with Crippen LogP contribution in [0.15, 0.2) is 10.9 Å². The zero-order chi connectivity index (χ0) is 13.2. The molecule has 0 fully saturated rings. The van der Waals surface area contributed by atoms with E-state index in [0.29, 0.717) is 11.4 Å². The van der Waals surface area contributed by atoms with Crippen molar-refractivity contribution < 1.29 is 14.6 Å². The number of rotatable bonds is 4. The standard InChI is InChI=1S/C11H16N2O4/c1-7-5-8(2)13(10(16)12-7)11(3,6-17-4)9(14)15/h5H,6H2,1-4H3,(H,14,15). The molecule has 1 N–H and O–H groups in total. The average Bonchev–Trinajstić information content (AvgIpc) is 2.15. The van der Waals surface area contributed by atoms with Crippen LogP contribution >= 0.6 is 0 Å². The second-order valence-corrected chi connectivity index (χ2v) is 4.17. The van der Waals surface area contributed by atoms with Crippen molar-refractivity contribution in [3.8, 4) is 0 Å². The minimum atomic E-state index is -1.45. The SMILES string of the molecule is COCC(C)(C(=O)O)n1c(C)cc(C)nc1=O. The van der Waals surface area contributed by atoms with E-state index in [1.807, 2.05) is 0 Å². The fourth-order valence-corrected chi connectivity index (χ4v) is 1.85. The van der Waals surface area contributed by atoms with Crippen molar-refractivity contribution in [1.82, 2.24) is 9.55 Å². The highest BCUT2D eigenvalue weighted by molar-refractivity contribution is 5.76. The predicted octanol–water partition coefficient (Wildman–Crippen LogP) is 0.306. The largest absolute Gasteiger partial charge is 0.479 e. The molecule has 0 amide bonds. The topological polar surface area (TPSA) is 81.4 Å². The van der Waals surface area contributed by atoms with Gasteiger partial charge in [-0.25, -0.2) is 9.59 Å². The van der Waals surface area contributed by atoms with E-state index in [-0.39, 0.29) is 6.61 Å². The van der Waals surface area contributed by atoms with E-state index in [4.69, 9.17) is 4.74 Å². The molecule has 1 rings (SSSR count). The monoisotopic (exact) mass is 240 g/mol. The molecule has 94 valence electrons. The maximum atomic E-state index is 11.8. The van der Waals surface area contributed by atoms with Gasteiger partial charge in [-0.05, 0) is 26.8 Å². The second-order valence-electron chi connectivity index (χ2n) is 4.17. The number of nitrogens with zero attached hydrogens (tertiary/aromatic N) is 2. The first-order valence-corrected chi connectivity index (χ1v) is 5.13. The molecule has 0 aliphatic carbocycles. The van der Waals surface area contributed by atoms with Crippen molar-refractivity contribution in [2.75, 3.05) is 13.7 Å². The average molecular weight is 240 g/mol. The first kappa shape index (κ1) is 13.4. The van der Waals surface area contributed by atoms with Crippen molar-refractivity contribution in [3.63, 3.8) is 0 Å². The highest BCUT2D eigenvalue weighted by Crippen LogP contribution is 2.17. The van der Waals surface area contributed by atoms with Gasteiger partial charge in [-0.2, -0.15) is 4.98 Å². The predicted molar refractivity (Wildman–Crippen MR) is 61.1 cm³/mol. The Hall–Kier alpha value is -1.69. The summed E-state index contributed by atoms with van der Waals surface area (Å²) in [6.07, 6.45) is 0. The van der Waals surface area contributed by atoms with Crippen LogP contribution in [0.2, 0.25) is 0 Å². The summed E-state index contributed by atoms with van der Waals surface area (Å²) in [5.41, 5.74) is -0.917. The zero-order valence-electron chi connectivity index (χ0n) is 10.4. The third kappa shape index (κ3) is 2.36. The third-order valence-electron chi connectivity index (χ3n) is 2.61. The number of aryl methyl sites for hydroxylation is 2. The lowest BCUT2D eigenvalue weighted by Crippen LogP contribution is -2.50. The number of methoxy groups -OCH3 is 1. The summed E-state index contributed by atoms with van der Waals surface area (Å²) >= 11 is 0. The fraction of sp³-hybridized carbons (Fsp3) is 0.545. The van der Waals surface area contributed by atoms with Gasteiger partial charge in [0.25, 0.3) is 0 Å². The molecule has 1 aromatic heterocycles. The normalized spacial score (nSPS) is 14.4. The Labute approximate surface area is 98.9 Å². The van der Waals surface area contributed by atoms with Gasteiger partial charge in [0, 0.05) is 18.5 Å². The van der Waals surface area contributed by atoms with Crippen LogP contribution in [0.4, 0.5) is 0 Å². The van der Waals surface area contributed by atoms with E-state index in [1.54, 1.807) is 19.9 Å². The summed E-state index contributed by atoms with van der Waals surface area (Å²) in [4.78, 5) is 26.9. The maximum Gasteiger partial charge on any atom is 0.349 e. The molecule has 0 aliphatic heterocycles. The lowest BCUT2D eigenvalue weighted by molar-refractivity contribution is -0.149. The Bertz CT molecular complexity index is 495. The maximum absolute atomic E-state index is 11.8. The van der Waals surface area contributed by atoms with Crippen LogP contribution in [0.5, 0.6) is 0 Å². The number of ether oxygens (including phenoxy) is 1. The van der Waals surface area contributed by atoms with Gasteiger partial charge in [-0.3, -0.25) is 4.57 Å². The number of carboxylic acid groups (broad SMARTS) is 1. The summed E-state index contributed by atoms with van der Waals surface area (Å²) in [6, 6.07) is 1.66. The van der Waals surface area contributed by atoms with Crippen molar-refractivity contribution in [2.45, 2.75) is 26.3 Å². The van der Waals surface area contributed by atoms with E-state index >= 15 is 0 Å². The lowest BCUT2D eigenvalue weighted by atomic mass is 10.0. The van der Waals surface area contributed by atoms with Gasteiger partial charge in [0.15, 0.2) is 5.54 Å². The number of hydrogen-bond acceptors (Lipinski definition) is 4. The molecule has 1 atom stereocenters. The molecule has 0 bridgehead atoms. The molecule has 1 unspecified atom stereocenters. The minimum Gasteiger partial charge on any atom is -0.479 e. The van der Waals surface area contributed by atoms with Crippen LogP contribution in [0.1, 0.15) is 18.3 Å². The van der Waals surface area contributed by atoms with Crippen LogP contribution in [-0.2, 0) is 15.1 Å². The van der Waals surface area contributed by atoms with Crippen molar-refractivity contribution in [1.29, 1.82) is 0 Å². The van der Waals surface area contributed by atoms with Crippen LogP contribution in [0.3, 0.4) is 0 Å². The molecule has 6 heteroatoms. The summed E-state index contributed by atoms with van der Waals surface area (Å²) in [5.74, 6) is -1.13. The van der Waals surface area contributed by atoms with Gasteiger partial charge in [0.05, 0.1) is 6.61 Å². The molecule has 0 radical (unpaired) electrons. The molecule has 0 aliphatic rings. The highest BCUT2D eigenvalue weighted by atomic mass is 16.5. The minimum absolute atomic E-state index is 0.103. The number of aromatic nitrogens is 2. The molecule has 0 saturated carbocycles. The molecule has 6 nitrogen and oxygen atoms in total. The quantitative estimate of drug-likeness (QED) is 0.819. The highest BCUT2D eigenvalue weighted by Gasteiger charge is 2.37. The Kier molecular flexibility index (Phi) is 3.67. The first-order chi connectivity index (χ1) is 7.82. The molecule has 0 saturated heterocycles. The van der Waals surface area contributed by atoms with E-state index in [2.05, 4.69) is 4.98 Å². The van der Waals surface area contributed by atoms with Gasteiger partial charge in [-0.15, -0.1) is 0 Å². The number of carboxylic acids is 1. The summed E-state index contributed by atoms with van der Waals surface area (Å²) in [5, 5.41) is 9.27. The van der Waals surface area contributed by atoms with E-state index in [9.17, 15) is 14.7 Å². The van der Waals surface area contributed by atoms with Gasteiger partial charge >= 0.3 is 11.7 Å². The zero-order valence-corrected chi connectivity index (χ0v) is 10.4. The van der Waals surface area contributed by atoms with Gasteiger partial charge in [0.1, 0.15) is 0 Å². The third-order valence-corrected chi connectivity index (χ3v) is 2.61. The second kappa shape index (κ2) is 4.67. The number of aliphatic carboxylic acids is 1. The molecule has 0 spiro atoms.